The number of rotatable bonds is 6. The van der Waals surface area contributed by atoms with E-state index in [1.807, 2.05) is 18.2 Å². The maximum atomic E-state index is 12.3. The maximum Gasteiger partial charge on any atom is 0.317 e. The summed E-state index contributed by atoms with van der Waals surface area (Å²) in [6.45, 7) is 2.92. The number of hydrogen-bond donors (Lipinski definition) is 3. The molecule has 2 aromatic rings. The SMILES string of the molecule is Cc1c(CN(C)C(=O)NCCC(=O)NC2CCCCC2)[nH]c2ccccc12. The van der Waals surface area contributed by atoms with Gasteiger partial charge in [0.25, 0.3) is 0 Å². The highest BCUT2D eigenvalue weighted by molar-refractivity contribution is 5.84. The zero-order chi connectivity index (χ0) is 19.2. The van der Waals surface area contributed by atoms with Crippen molar-refractivity contribution in [2.75, 3.05) is 13.6 Å². The third-order valence-electron chi connectivity index (χ3n) is 5.41. The molecule has 6 heteroatoms. The van der Waals surface area contributed by atoms with Crippen LogP contribution in [0.5, 0.6) is 0 Å². The Kier molecular flexibility index (Phi) is 6.37. The molecule has 3 N–H and O–H groups in total. The van der Waals surface area contributed by atoms with Gasteiger partial charge in [-0.3, -0.25) is 4.79 Å². The molecule has 0 saturated heterocycles. The van der Waals surface area contributed by atoms with Gasteiger partial charge in [0.2, 0.25) is 5.91 Å². The first-order chi connectivity index (χ1) is 13.0. The van der Waals surface area contributed by atoms with Crippen LogP contribution in [0.15, 0.2) is 24.3 Å². The first-order valence-electron chi connectivity index (χ1n) is 9.89. The van der Waals surface area contributed by atoms with Gasteiger partial charge in [0, 0.05) is 42.7 Å². The number of aryl methyl sites for hydroxylation is 1. The number of carbonyl (C=O) groups is 2. The van der Waals surface area contributed by atoms with E-state index < -0.39 is 0 Å². The number of benzene rings is 1. The molecule has 0 radical (unpaired) electrons. The van der Waals surface area contributed by atoms with Gasteiger partial charge in [-0.15, -0.1) is 0 Å². The summed E-state index contributed by atoms with van der Waals surface area (Å²) in [5, 5.41) is 7.09. The molecule has 1 aliphatic rings. The van der Waals surface area contributed by atoms with Crippen LogP contribution in [0.1, 0.15) is 49.8 Å². The molecule has 1 fully saturated rings. The van der Waals surface area contributed by atoms with Crippen LogP contribution in [0.4, 0.5) is 4.79 Å². The molecule has 1 aromatic heterocycles. The Bertz CT molecular complexity index is 793. The van der Waals surface area contributed by atoms with E-state index in [-0.39, 0.29) is 11.9 Å². The Morgan fingerprint density at radius 2 is 1.93 bits per heavy atom. The van der Waals surface area contributed by atoms with Crippen molar-refractivity contribution in [3.05, 3.63) is 35.5 Å². The molecule has 0 bridgehead atoms. The summed E-state index contributed by atoms with van der Waals surface area (Å²) in [7, 11) is 1.77. The molecule has 27 heavy (non-hydrogen) atoms. The van der Waals surface area contributed by atoms with E-state index >= 15 is 0 Å². The summed E-state index contributed by atoms with van der Waals surface area (Å²) in [5.41, 5.74) is 3.28. The molecule has 1 aliphatic carbocycles. The van der Waals surface area contributed by atoms with Gasteiger partial charge in [0.15, 0.2) is 0 Å². The Balaban J connectivity index is 1.43. The van der Waals surface area contributed by atoms with Gasteiger partial charge < -0.3 is 20.5 Å². The molecule has 0 unspecified atom stereocenters. The highest BCUT2D eigenvalue weighted by Gasteiger charge is 2.16. The number of nitrogens with one attached hydrogen (secondary N) is 3. The van der Waals surface area contributed by atoms with E-state index in [1.54, 1.807) is 11.9 Å². The third-order valence-corrected chi connectivity index (χ3v) is 5.41. The Hall–Kier alpha value is -2.50. The first kappa shape index (κ1) is 19.3. The number of nitrogens with zero attached hydrogens (tertiary/aromatic N) is 1. The van der Waals surface area contributed by atoms with Gasteiger partial charge in [0.05, 0.1) is 6.54 Å². The molecule has 0 atom stereocenters. The number of para-hydroxylation sites is 1. The number of H-pyrrole nitrogens is 1. The van der Waals surface area contributed by atoms with E-state index in [1.165, 1.54) is 24.6 Å². The second-order valence-electron chi connectivity index (χ2n) is 7.51. The lowest BCUT2D eigenvalue weighted by atomic mass is 9.95. The van der Waals surface area contributed by atoms with Crippen LogP contribution in [0.2, 0.25) is 0 Å². The highest BCUT2D eigenvalue weighted by atomic mass is 16.2. The van der Waals surface area contributed by atoms with Crippen molar-refractivity contribution >= 4 is 22.8 Å². The minimum Gasteiger partial charge on any atom is -0.357 e. The number of urea groups is 1. The summed E-state index contributed by atoms with van der Waals surface area (Å²) in [5.74, 6) is 0.0244. The monoisotopic (exact) mass is 370 g/mol. The first-order valence-corrected chi connectivity index (χ1v) is 9.89. The topological polar surface area (TPSA) is 77.2 Å². The summed E-state index contributed by atoms with van der Waals surface area (Å²) in [6, 6.07) is 8.28. The fourth-order valence-electron chi connectivity index (χ4n) is 3.77. The minimum atomic E-state index is -0.168. The van der Waals surface area contributed by atoms with Crippen LogP contribution >= 0.6 is 0 Å². The molecular weight excluding hydrogens is 340 g/mol. The quantitative estimate of drug-likeness (QED) is 0.728. The second-order valence-corrected chi connectivity index (χ2v) is 7.51. The van der Waals surface area contributed by atoms with Crippen molar-refractivity contribution in [2.45, 2.75) is 58.0 Å². The molecule has 0 aliphatic heterocycles. The Morgan fingerprint density at radius 1 is 1.19 bits per heavy atom. The van der Waals surface area contributed by atoms with Crippen LogP contribution in [-0.4, -0.2) is 41.5 Å². The van der Waals surface area contributed by atoms with Gasteiger partial charge in [0.1, 0.15) is 0 Å². The molecule has 1 aromatic carbocycles. The Labute approximate surface area is 160 Å². The lowest BCUT2D eigenvalue weighted by molar-refractivity contribution is -0.121. The fraction of sp³-hybridized carbons (Fsp3) is 0.524. The zero-order valence-electron chi connectivity index (χ0n) is 16.3. The van der Waals surface area contributed by atoms with E-state index in [0.29, 0.717) is 25.6 Å². The number of hydrogen-bond acceptors (Lipinski definition) is 2. The van der Waals surface area contributed by atoms with E-state index in [2.05, 4.69) is 28.6 Å². The molecule has 0 spiro atoms. The van der Waals surface area contributed by atoms with Crippen molar-refractivity contribution in [1.82, 2.24) is 20.5 Å². The largest absolute Gasteiger partial charge is 0.357 e. The average Bonchev–Trinajstić information content (AvgIpc) is 2.98. The minimum absolute atomic E-state index is 0.0244. The third kappa shape index (κ3) is 5.02. The van der Waals surface area contributed by atoms with Crippen LogP contribution < -0.4 is 10.6 Å². The second kappa shape index (κ2) is 8.93. The predicted molar refractivity (Wildman–Crippen MR) is 108 cm³/mol. The van der Waals surface area contributed by atoms with Gasteiger partial charge in [-0.1, -0.05) is 37.5 Å². The predicted octanol–water partition coefficient (Wildman–Crippen LogP) is 3.46. The number of fused-ring (bicyclic) bond motifs is 1. The summed E-state index contributed by atoms with van der Waals surface area (Å²) >= 11 is 0. The number of amides is 3. The van der Waals surface area contributed by atoms with E-state index in [9.17, 15) is 9.59 Å². The molecule has 1 heterocycles. The van der Waals surface area contributed by atoms with E-state index in [4.69, 9.17) is 0 Å². The highest BCUT2D eigenvalue weighted by Crippen LogP contribution is 2.22. The molecule has 3 amide bonds. The average molecular weight is 370 g/mol. The molecular formula is C21H30N4O2. The van der Waals surface area contributed by atoms with E-state index in [0.717, 1.165) is 29.6 Å². The Morgan fingerprint density at radius 3 is 2.67 bits per heavy atom. The van der Waals surface area contributed by atoms with Gasteiger partial charge in [-0.25, -0.2) is 4.79 Å². The standard InChI is InChI=1S/C21H30N4O2/c1-15-17-10-6-7-11-18(17)24-19(15)14-25(2)21(27)22-13-12-20(26)23-16-8-4-3-5-9-16/h6-7,10-11,16,24H,3-5,8-9,12-14H2,1-2H3,(H,22,27)(H,23,26). The molecule has 1 saturated carbocycles. The molecule has 3 rings (SSSR count). The lowest BCUT2D eigenvalue weighted by Crippen LogP contribution is -2.41. The van der Waals surface area contributed by atoms with Crippen molar-refractivity contribution < 1.29 is 9.59 Å². The molecule has 6 nitrogen and oxygen atoms in total. The summed E-state index contributed by atoms with van der Waals surface area (Å²) in [6.07, 6.45) is 6.13. The van der Waals surface area contributed by atoms with Crippen molar-refractivity contribution in [2.24, 2.45) is 0 Å². The van der Waals surface area contributed by atoms with Crippen LogP contribution in [0.25, 0.3) is 10.9 Å². The van der Waals surface area contributed by atoms with Gasteiger partial charge in [-0.2, -0.15) is 0 Å². The fourth-order valence-corrected chi connectivity index (χ4v) is 3.77. The number of aromatic nitrogens is 1. The summed E-state index contributed by atoms with van der Waals surface area (Å²) < 4.78 is 0. The van der Waals surface area contributed by atoms with Crippen LogP contribution in [0.3, 0.4) is 0 Å². The number of carbonyl (C=O) groups excluding carboxylic acids is 2. The molecule has 146 valence electrons. The van der Waals surface area contributed by atoms with Gasteiger partial charge >= 0.3 is 6.03 Å². The van der Waals surface area contributed by atoms with Crippen molar-refractivity contribution in [3.8, 4) is 0 Å². The lowest BCUT2D eigenvalue weighted by Gasteiger charge is -2.23. The van der Waals surface area contributed by atoms with Crippen LogP contribution in [-0.2, 0) is 11.3 Å². The zero-order valence-corrected chi connectivity index (χ0v) is 16.3. The van der Waals surface area contributed by atoms with Crippen molar-refractivity contribution in [3.63, 3.8) is 0 Å². The summed E-state index contributed by atoms with van der Waals surface area (Å²) in [4.78, 5) is 29.4. The smallest absolute Gasteiger partial charge is 0.317 e. The maximum absolute atomic E-state index is 12.3. The van der Waals surface area contributed by atoms with Crippen LogP contribution in [0, 0.1) is 6.92 Å². The normalized spacial score (nSPS) is 14.9. The van der Waals surface area contributed by atoms with Gasteiger partial charge in [-0.05, 0) is 31.4 Å². The number of aromatic amines is 1. The van der Waals surface area contributed by atoms with Crippen molar-refractivity contribution in [1.29, 1.82) is 0 Å².